The fraction of sp³-hybridized carbons (Fsp3) is 0.929. The lowest BCUT2D eigenvalue weighted by Crippen LogP contribution is -2.29. The minimum Gasteiger partial charge on any atom is -0.369 e. The maximum absolute atomic E-state index is 11.3. The molecular weight excluding hydrogens is 198 g/mol. The Balaban J connectivity index is 4.24. The maximum atomic E-state index is 11.3. The highest BCUT2D eigenvalue weighted by Crippen LogP contribution is 2.34. The Labute approximate surface area is 101 Å². The number of amides is 1. The van der Waals surface area contributed by atoms with Crippen LogP contribution in [-0.2, 0) is 4.79 Å². The molecule has 0 aliphatic rings. The molecule has 0 radical (unpaired) electrons. The lowest BCUT2D eigenvalue weighted by atomic mass is 9.76. The summed E-state index contributed by atoms with van der Waals surface area (Å²) in [6, 6.07) is 0. The monoisotopic (exact) mass is 227 g/mol. The second kappa shape index (κ2) is 6.93. The second-order valence-corrected chi connectivity index (χ2v) is 5.45. The van der Waals surface area contributed by atoms with Crippen molar-refractivity contribution in [3.05, 3.63) is 0 Å². The summed E-state index contributed by atoms with van der Waals surface area (Å²) >= 11 is 0. The van der Waals surface area contributed by atoms with Gasteiger partial charge in [0, 0.05) is 5.92 Å². The van der Waals surface area contributed by atoms with E-state index in [-0.39, 0.29) is 11.8 Å². The smallest absolute Gasteiger partial charge is 0.220 e. The molecule has 0 bridgehead atoms. The first-order valence-corrected chi connectivity index (χ1v) is 6.69. The third-order valence-electron chi connectivity index (χ3n) is 4.40. The van der Waals surface area contributed by atoms with Crippen LogP contribution < -0.4 is 5.73 Å². The number of carbonyl (C=O) groups is 1. The van der Waals surface area contributed by atoms with E-state index in [9.17, 15) is 4.79 Å². The molecule has 0 aromatic carbocycles. The molecule has 0 rings (SSSR count). The van der Waals surface area contributed by atoms with Gasteiger partial charge in [0.05, 0.1) is 0 Å². The Bertz CT molecular complexity index is 209. The van der Waals surface area contributed by atoms with Crippen LogP contribution in [0.2, 0.25) is 0 Å². The predicted molar refractivity (Wildman–Crippen MR) is 70.1 cm³/mol. The lowest BCUT2D eigenvalue weighted by Gasteiger charge is -2.29. The van der Waals surface area contributed by atoms with Crippen molar-refractivity contribution in [3.63, 3.8) is 0 Å². The Morgan fingerprint density at radius 3 is 2.06 bits per heavy atom. The highest BCUT2D eigenvalue weighted by atomic mass is 16.1. The first-order valence-electron chi connectivity index (χ1n) is 6.69. The zero-order valence-corrected chi connectivity index (χ0v) is 11.7. The van der Waals surface area contributed by atoms with E-state index < -0.39 is 0 Å². The molecule has 0 saturated carbocycles. The van der Waals surface area contributed by atoms with Crippen molar-refractivity contribution in [3.8, 4) is 0 Å². The molecule has 0 spiro atoms. The number of hydrogen-bond acceptors (Lipinski definition) is 1. The van der Waals surface area contributed by atoms with E-state index in [2.05, 4.69) is 27.7 Å². The summed E-state index contributed by atoms with van der Waals surface area (Å²) in [7, 11) is 0. The number of carbonyl (C=O) groups excluding carboxylic acids is 1. The van der Waals surface area contributed by atoms with Crippen molar-refractivity contribution in [2.75, 3.05) is 0 Å². The van der Waals surface area contributed by atoms with Crippen LogP contribution in [-0.4, -0.2) is 5.91 Å². The van der Waals surface area contributed by atoms with Gasteiger partial charge in [0.15, 0.2) is 0 Å². The summed E-state index contributed by atoms with van der Waals surface area (Å²) in [5, 5.41) is 0. The van der Waals surface area contributed by atoms with Gasteiger partial charge in [0.2, 0.25) is 5.91 Å². The molecule has 16 heavy (non-hydrogen) atoms. The van der Waals surface area contributed by atoms with Crippen LogP contribution >= 0.6 is 0 Å². The fourth-order valence-electron chi connectivity index (χ4n) is 2.26. The third-order valence-corrected chi connectivity index (χ3v) is 4.40. The van der Waals surface area contributed by atoms with Crippen molar-refractivity contribution in [1.29, 1.82) is 0 Å². The van der Waals surface area contributed by atoms with Crippen molar-refractivity contribution in [1.82, 2.24) is 0 Å². The average Bonchev–Trinajstić information content (AvgIpc) is 2.26. The summed E-state index contributed by atoms with van der Waals surface area (Å²) in [6.45, 7) is 11.0. The maximum Gasteiger partial charge on any atom is 0.220 e. The molecule has 0 saturated heterocycles. The molecule has 0 fully saturated rings. The molecule has 0 heterocycles. The van der Waals surface area contributed by atoms with Crippen LogP contribution in [0.25, 0.3) is 0 Å². The van der Waals surface area contributed by atoms with E-state index in [4.69, 9.17) is 5.73 Å². The minimum atomic E-state index is -0.135. The molecule has 1 amide bonds. The second-order valence-electron chi connectivity index (χ2n) is 5.45. The van der Waals surface area contributed by atoms with Gasteiger partial charge in [0.25, 0.3) is 0 Å². The van der Waals surface area contributed by atoms with E-state index in [1.807, 2.05) is 6.92 Å². The van der Waals surface area contributed by atoms with Crippen LogP contribution in [0.4, 0.5) is 0 Å². The molecule has 2 N–H and O–H groups in total. The standard InChI is InChI=1S/C14H29NO/c1-6-12(13(15)16)11(4)9-10-14(5,7-2)8-3/h11-12H,6-10H2,1-5H3,(H2,15,16). The van der Waals surface area contributed by atoms with Crippen LogP contribution in [0, 0.1) is 17.3 Å². The number of rotatable bonds is 8. The van der Waals surface area contributed by atoms with Crippen LogP contribution in [0.1, 0.15) is 66.7 Å². The summed E-state index contributed by atoms with van der Waals surface area (Å²) in [6.07, 6.45) is 5.60. The number of primary amides is 1. The molecular formula is C14H29NO. The van der Waals surface area contributed by atoms with E-state index in [1.54, 1.807) is 0 Å². The van der Waals surface area contributed by atoms with E-state index in [0.29, 0.717) is 11.3 Å². The van der Waals surface area contributed by atoms with Crippen molar-refractivity contribution < 1.29 is 4.79 Å². The van der Waals surface area contributed by atoms with Gasteiger partial charge >= 0.3 is 0 Å². The van der Waals surface area contributed by atoms with Crippen LogP contribution in [0.15, 0.2) is 0 Å². The summed E-state index contributed by atoms with van der Waals surface area (Å²) in [4.78, 5) is 11.3. The number of hydrogen-bond donors (Lipinski definition) is 1. The fourth-order valence-corrected chi connectivity index (χ4v) is 2.26. The average molecular weight is 227 g/mol. The molecule has 0 aromatic rings. The molecule has 2 atom stereocenters. The van der Waals surface area contributed by atoms with Gasteiger partial charge in [-0.25, -0.2) is 0 Å². The summed E-state index contributed by atoms with van der Waals surface area (Å²) < 4.78 is 0. The highest BCUT2D eigenvalue weighted by molar-refractivity contribution is 5.76. The van der Waals surface area contributed by atoms with Crippen LogP contribution in [0.3, 0.4) is 0 Å². The van der Waals surface area contributed by atoms with E-state index in [1.165, 1.54) is 19.3 Å². The largest absolute Gasteiger partial charge is 0.369 e. The topological polar surface area (TPSA) is 43.1 Å². The van der Waals surface area contributed by atoms with Crippen molar-refractivity contribution >= 4 is 5.91 Å². The third kappa shape index (κ3) is 4.54. The SMILES string of the molecule is CCC(C(N)=O)C(C)CCC(C)(CC)CC. The van der Waals surface area contributed by atoms with Crippen molar-refractivity contribution in [2.45, 2.75) is 66.7 Å². The van der Waals surface area contributed by atoms with Gasteiger partial charge in [-0.05, 0) is 30.6 Å². The lowest BCUT2D eigenvalue weighted by molar-refractivity contribution is -0.123. The van der Waals surface area contributed by atoms with Gasteiger partial charge < -0.3 is 5.73 Å². The normalized spacial score (nSPS) is 15.8. The van der Waals surface area contributed by atoms with Crippen molar-refractivity contribution in [2.24, 2.45) is 23.0 Å². The zero-order valence-electron chi connectivity index (χ0n) is 11.7. The van der Waals surface area contributed by atoms with Crippen LogP contribution in [0.5, 0.6) is 0 Å². The van der Waals surface area contributed by atoms with Gasteiger partial charge in [-0.3, -0.25) is 4.79 Å². The van der Waals surface area contributed by atoms with Gasteiger partial charge in [-0.15, -0.1) is 0 Å². The molecule has 0 aromatic heterocycles. The molecule has 0 aliphatic carbocycles. The molecule has 2 heteroatoms. The molecule has 0 aliphatic heterocycles. The zero-order chi connectivity index (χ0) is 12.8. The number of nitrogens with two attached hydrogens (primary N) is 1. The first-order chi connectivity index (χ1) is 7.40. The Kier molecular flexibility index (Phi) is 6.70. The predicted octanol–water partition coefficient (Wildman–Crippen LogP) is 3.74. The molecule has 2 nitrogen and oxygen atoms in total. The minimum absolute atomic E-state index is 0.0537. The Hall–Kier alpha value is -0.530. The van der Waals surface area contributed by atoms with Gasteiger partial charge in [-0.1, -0.05) is 47.5 Å². The quantitative estimate of drug-likeness (QED) is 0.674. The summed E-state index contributed by atoms with van der Waals surface area (Å²) in [5.41, 5.74) is 5.85. The van der Waals surface area contributed by atoms with Gasteiger partial charge in [-0.2, -0.15) is 0 Å². The Morgan fingerprint density at radius 1 is 1.25 bits per heavy atom. The first kappa shape index (κ1) is 15.5. The summed E-state index contributed by atoms with van der Waals surface area (Å²) in [5.74, 6) is 0.336. The van der Waals surface area contributed by atoms with Gasteiger partial charge in [0.1, 0.15) is 0 Å². The molecule has 2 unspecified atom stereocenters. The van der Waals surface area contributed by atoms with E-state index >= 15 is 0 Å². The highest BCUT2D eigenvalue weighted by Gasteiger charge is 2.25. The van der Waals surface area contributed by atoms with E-state index in [0.717, 1.165) is 12.8 Å². The molecule has 96 valence electrons. The Morgan fingerprint density at radius 2 is 1.75 bits per heavy atom.